The van der Waals surface area contributed by atoms with E-state index in [0.29, 0.717) is 5.92 Å². The lowest BCUT2D eigenvalue weighted by molar-refractivity contribution is -0.632. The van der Waals surface area contributed by atoms with Crippen molar-refractivity contribution in [1.29, 1.82) is 0 Å². The molecule has 1 atom stereocenters. The zero-order valence-electron chi connectivity index (χ0n) is 12.4. The van der Waals surface area contributed by atoms with Crippen LogP contribution in [-0.4, -0.2) is 32.0 Å². The zero-order valence-corrected chi connectivity index (χ0v) is 12.4. The van der Waals surface area contributed by atoms with Crippen LogP contribution >= 0.6 is 0 Å². The lowest BCUT2D eigenvalue weighted by atomic mass is 9.99. The average Bonchev–Trinajstić information content (AvgIpc) is 2.47. The Morgan fingerprint density at radius 3 is 2.30 bits per heavy atom. The monoisotopic (exact) mass is 278 g/mol. The fraction of sp³-hybridized carbons (Fsp3) is 0.467. The highest BCUT2D eigenvalue weighted by atomic mass is 16.2. The summed E-state index contributed by atoms with van der Waals surface area (Å²) in [7, 11) is 1.58. The number of nitrogens with one attached hydrogen (secondary N) is 2. The normalized spacial score (nSPS) is 11.8. The molecule has 5 heteroatoms. The van der Waals surface area contributed by atoms with E-state index in [1.54, 1.807) is 12.4 Å². The maximum Gasteiger partial charge on any atom is 0.279 e. The van der Waals surface area contributed by atoms with Crippen molar-refractivity contribution in [1.82, 2.24) is 5.32 Å². The van der Waals surface area contributed by atoms with Gasteiger partial charge in [-0.05, 0) is 30.0 Å². The van der Waals surface area contributed by atoms with Gasteiger partial charge in [0.1, 0.15) is 0 Å². The summed E-state index contributed by atoms with van der Waals surface area (Å²) in [5.41, 5.74) is 2.06. The number of hydrogen-bond donors (Lipinski definition) is 3. The number of nitrogens with two attached hydrogens (primary N) is 1. The van der Waals surface area contributed by atoms with Crippen LogP contribution in [0.2, 0.25) is 0 Å². The molecule has 0 aliphatic heterocycles. The third kappa shape index (κ3) is 5.40. The number of likely N-dealkylation sites (N-methyl/N-ethyl adjacent to an activating group) is 1. The molecular formula is C15H24N3O2+. The van der Waals surface area contributed by atoms with E-state index in [-0.39, 0.29) is 24.9 Å². The topological polar surface area (TPSA) is 74.8 Å². The highest BCUT2D eigenvalue weighted by Gasteiger charge is 2.07. The SMILES string of the molecule is CC[C@@H](C)c1ccc(NC(=O)C[NH2+]CC(=O)NC)cc1. The summed E-state index contributed by atoms with van der Waals surface area (Å²) in [5, 5.41) is 6.99. The summed E-state index contributed by atoms with van der Waals surface area (Å²) in [5.74, 6) is 0.335. The van der Waals surface area contributed by atoms with Gasteiger partial charge in [-0.1, -0.05) is 26.0 Å². The molecule has 0 heterocycles. The summed E-state index contributed by atoms with van der Waals surface area (Å²) < 4.78 is 0. The molecule has 1 aromatic carbocycles. The molecule has 0 aliphatic carbocycles. The van der Waals surface area contributed by atoms with E-state index in [1.807, 2.05) is 24.3 Å². The third-order valence-corrected chi connectivity index (χ3v) is 3.31. The first kappa shape index (κ1) is 16.2. The molecule has 0 saturated heterocycles. The third-order valence-electron chi connectivity index (χ3n) is 3.31. The number of anilines is 1. The van der Waals surface area contributed by atoms with Gasteiger partial charge in [0.25, 0.3) is 11.8 Å². The second kappa shape index (κ2) is 8.32. The van der Waals surface area contributed by atoms with Gasteiger partial charge < -0.3 is 16.0 Å². The van der Waals surface area contributed by atoms with E-state index in [4.69, 9.17) is 0 Å². The van der Waals surface area contributed by atoms with Gasteiger partial charge in [-0.25, -0.2) is 0 Å². The van der Waals surface area contributed by atoms with Crippen molar-refractivity contribution < 1.29 is 14.9 Å². The lowest BCUT2D eigenvalue weighted by Gasteiger charge is -2.10. The van der Waals surface area contributed by atoms with Gasteiger partial charge in [0, 0.05) is 12.7 Å². The highest BCUT2D eigenvalue weighted by molar-refractivity contribution is 5.91. The van der Waals surface area contributed by atoms with Gasteiger partial charge >= 0.3 is 0 Å². The molecule has 4 N–H and O–H groups in total. The molecule has 0 fully saturated rings. The van der Waals surface area contributed by atoms with E-state index in [1.165, 1.54) is 5.56 Å². The largest absolute Gasteiger partial charge is 0.354 e. The molecule has 1 rings (SSSR count). The Balaban J connectivity index is 2.40. The first-order chi connectivity index (χ1) is 9.56. The molecule has 0 bridgehead atoms. The van der Waals surface area contributed by atoms with Crippen LogP contribution in [0.5, 0.6) is 0 Å². The van der Waals surface area contributed by atoms with Crippen LogP contribution in [0.1, 0.15) is 31.7 Å². The van der Waals surface area contributed by atoms with E-state index in [9.17, 15) is 9.59 Å². The molecule has 0 spiro atoms. The minimum atomic E-state index is -0.106. The maximum absolute atomic E-state index is 11.7. The standard InChI is InChI=1S/C15H23N3O2/c1-4-11(2)12-5-7-13(8-6-12)18-15(20)10-17-9-14(19)16-3/h5-8,11,17H,4,9-10H2,1-3H3,(H,16,19)(H,18,20)/p+1/t11-/m1/s1. The van der Waals surface area contributed by atoms with Crippen molar-refractivity contribution in [3.63, 3.8) is 0 Å². The van der Waals surface area contributed by atoms with Crippen LogP contribution < -0.4 is 16.0 Å². The summed E-state index contributed by atoms with van der Waals surface area (Å²) in [4.78, 5) is 22.7. The molecule has 0 unspecified atom stereocenters. The van der Waals surface area contributed by atoms with Crippen molar-refractivity contribution in [2.75, 3.05) is 25.5 Å². The van der Waals surface area contributed by atoms with Gasteiger partial charge in [-0.15, -0.1) is 0 Å². The van der Waals surface area contributed by atoms with E-state index >= 15 is 0 Å². The predicted octanol–water partition coefficient (Wildman–Crippen LogP) is 0.448. The molecule has 0 aromatic heterocycles. The zero-order chi connectivity index (χ0) is 15.0. The van der Waals surface area contributed by atoms with Gasteiger partial charge in [0.2, 0.25) is 0 Å². The molecule has 110 valence electrons. The smallest absolute Gasteiger partial charge is 0.279 e. The van der Waals surface area contributed by atoms with Crippen LogP contribution in [0.15, 0.2) is 24.3 Å². The summed E-state index contributed by atoms with van der Waals surface area (Å²) in [6.45, 7) is 4.83. The van der Waals surface area contributed by atoms with E-state index in [0.717, 1.165) is 12.1 Å². The Kier molecular flexibility index (Phi) is 6.73. The summed E-state index contributed by atoms with van der Waals surface area (Å²) in [6.07, 6.45) is 1.10. The quantitative estimate of drug-likeness (QED) is 0.677. The van der Waals surface area contributed by atoms with Crippen LogP contribution in [0.3, 0.4) is 0 Å². The predicted molar refractivity (Wildman–Crippen MR) is 79.5 cm³/mol. The van der Waals surface area contributed by atoms with Gasteiger partial charge in [0.05, 0.1) is 0 Å². The van der Waals surface area contributed by atoms with Crippen molar-refractivity contribution in [2.45, 2.75) is 26.2 Å². The Morgan fingerprint density at radius 2 is 1.75 bits per heavy atom. The molecule has 1 aromatic rings. The summed E-state index contributed by atoms with van der Waals surface area (Å²) >= 11 is 0. The lowest BCUT2D eigenvalue weighted by Crippen LogP contribution is -2.88. The van der Waals surface area contributed by atoms with Gasteiger partial charge in [0.15, 0.2) is 13.1 Å². The van der Waals surface area contributed by atoms with Crippen LogP contribution in [0, 0.1) is 0 Å². The first-order valence-electron chi connectivity index (χ1n) is 6.98. The molecule has 0 radical (unpaired) electrons. The second-order valence-corrected chi connectivity index (χ2v) is 4.85. The Bertz CT molecular complexity index is 443. The fourth-order valence-electron chi connectivity index (χ4n) is 1.78. The first-order valence-corrected chi connectivity index (χ1v) is 6.98. The minimum absolute atomic E-state index is 0.0873. The highest BCUT2D eigenvalue weighted by Crippen LogP contribution is 2.20. The second-order valence-electron chi connectivity index (χ2n) is 4.85. The van der Waals surface area contributed by atoms with Crippen molar-refractivity contribution in [3.05, 3.63) is 29.8 Å². The van der Waals surface area contributed by atoms with Crippen molar-refractivity contribution >= 4 is 17.5 Å². The molecule has 2 amide bonds. The number of hydrogen-bond acceptors (Lipinski definition) is 2. The molecule has 0 saturated carbocycles. The molecule has 20 heavy (non-hydrogen) atoms. The minimum Gasteiger partial charge on any atom is -0.354 e. The number of quaternary nitrogens is 1. The number of carbonyl (C=O) groups excluding carboxylic acids is 2. The maximum atomic E-state index is 11.7. The molecule has 0 aliphatic rings. The number of benzene rings is 1. The molecule has 5 nitrogen and oxygen atoms in total. The summed E-state index contributed by atoms with van der Waals surface area (Å²) in [6, 6.07) is 7.91. The Labute approximate surface area is 120 Å². The number of rotatable bonds is 7. The Hall–Kier alpha value is -1.88. The number of amides is 2. The van der Waals surface area contributed by atoms with Crippen LogP contribution in [0.25, 0.3) is 0 Å². The fourth-order valence-corrected chi connectivity index (χ4v) is 1.78. The Morgan fingerprint density at radius 1 is 1.15 bits per heavy atom. The van der Waals surface area contributed by atoms with Gasteiger partial charge in [-0.3, -0.25) is 9.59 Å². The van der Waals surface area contributed by atoms with Crippen LogP contribution in [-0.2, 0) is 9.59 Å². The van der Waals surface area contributed by atoms with E-state index in [2.05, 4.69) is 24.5 Å². The van der Waals surface area contributed by atoms with Gasteiger partial charge in [-0.2, -0.15) is 0 Å². The van der Waals surface area contributed by atoms with Crippen molar-refractivity contribution in [2.24, 2.45) is 0 Å². The van der Waals surface area contributed by atoms with E-state index < -0.39 is 0 Å². The number of carbonyl (C=O) groups is 2. The molecular weight excluding hydrogens is 254 g/mol. The average molecular weight is 278 g/mol. The van der Waals surface area contributed by atoms with Crippen LogP contribution in [0.4, 0.5) is 5.69 Å². The van der Waals surface area contributed by atoms with Crippen molar-refractivity contribution in [3.8, 4) is 0 Å².